The van der Waals surface area contributed by atoms with E-state index in [0.717, 1.165) is 36.5 Å². The van der Waals surface area contributed by atoms with Crippen LogP contribution in [0.4, 0.5) is 0 Å². The molecular formula is C27H39N3O2S. The van der Waals surface area contributed by atoms with E-state index < -0.39 is 5.92 Å². The minimum atomic E-state index is -0.404. The second kappa shape index (κ2) is 12.3. The van der Waals surface area contributed by atoms with Gasteiger partial charge in [0, 0.05) is 23.5 Å². The van der Waals surface area contributed by atoms with Crippen LogP contribution in [-0.2, 0) is 4.79 Å². The number of carbonyl (C=O) groups excluding carboxylic acids is 2. The molecule has 0 fully saturated rings. The maximum Gasteiger partial charge on any atom is 0.254 e. The third-order valence-electron chi connectivity index (χ3n) is 6.34. The fourth-order valence-electron chi connectivity index (χ4n) is 4.68. The molecule has 1 aliphatic rings. The molecule has 2 amide bonds. The maximum absolute atomic E-state index is 13.6. The Morgan fingerprint density at radius 3 is 2.55 bits per heavy atom. The molecule has 0 saturated carbocycles. The highest BCUT2D eigenvalue weighted by Crippen LogP contribution is 2.44. The van der Waals surface area contributed by atoms with E-state index in [2.05, 4.69) is 44.0 Å². The third-order valence-corrected chi connectivity index (χ3v) is 7.29. The van der Waals surface area contributed by atoms with Crippen molar-refractivity contribution in [2.24, 2.45) is 5.92 Å². The van der Waals surface area contributed by atoms with Gasteiger partial charge < -0.3 is 15.1 Å². The number of carbonyl (C=O) groups is 2. The summed E-state index contributed by atoms with van der Waals surface area (Å²) < 4.78 is 0. The lowest BCUT2D eigenvalue weighted by Crippen LogP contribution is -2.48. The molecule has 0 spiro atoms. The van der Waals surface area contributed by atoms with Crippen LogP contribution in [0.1, 0.15) is 79.7 Å². The van der Waals surface area contributed by atoms with E-state index in [1.807, 2.05) is 40.6 Å². The number of nitrogens with one attached hydrogen (secondary N) is 1. The van der Waals surface area contributed by atoms with Gasteiger partial charge in [-0.15, -0.1) is 11.3 Å². The summed E-state index contributed by atoms with van der Waals surface area (Å²) in [4.78, 5) is 32.5. The lowest BCUT2D eigenvalue weighted by atomic mass is 9.81. The topological polar surface area (TPSA) is 52.7 Å². The summed E-state index contributed by atoms with van der Waals surface area (Å²) in [6, 6.07) is 11.4. The van der Waals surface area contributed by atoms with E-state index in [1.165, 1.54) is 12.8 Å². The van der Waals surface area contributed by atoms with Gasteiger partial charge in [0.05, 0.1) is 12.0 Å². The molecule has 1 aliphatic heterocycles. The number of rotatable bonds is 12. The average Bonchev–Trinajstić information content (AvgIpc) is 3.34. The molecule has 6 heteroatoms. The number of unbranched alkanes of at least 4 members (excludes halogenated alkanes) is 1. The van der Waals surface area contributed by atoms with Gasteiger partial charge in [0.2, 0.25) is 5.91 Å². The van der Waals surface area contributed by atoms with Crippen LogP contribution < -0.4 is 5.32 Å². The van der Waals surface area contributed by atoms with E-state index in [0.29, 0.717) is 24.6 Å². The van der Waals surface area contributed by atoms with E-state index in [4.69, 9.17) is 0 Å². The van der Waals surface area contributed by atoms with Crippen molar-refractivity contribution in [2.75, 3.05) is 32.7 Å². The number of hydrogen-bond acceptors (Lipinski definition) is 4. The smallest absolute Gasteiger partial charge is 0.254 e. The molecule has 0 aliphatic carbocycles. The molecule has 0 bridgehead atoms. The standard InChI is InChI=1S/C27H39N3O2S/c1-5-7-16-29(6-2)17-11-15-28-26(31)24-21-12-8-9-13-22(21)27(32)30(19-20(3)4)25(24)23-14-10-18-33-23/h8-10,12-14,18,20,24-25H,5-7,11,15-17,19H2,1-4H3,(H,28,31)/t24-,25+/m0/s1. The molecule has 0 saturated heterocycles. The lowest BCUT2D eigenvalue weighted by molar-refractivity contribution is -0.124. The largest absolute Gasteiger partial charge is 0.355 e. The highest BCUT2D eigenvalue weighted by molar-refractivity contribution is 7.10. The van der Waals surface area contributed by atoms with Crippen molar-refractivity contribution in [3.63, 3.8) is 0 Å². The molecule has 33 heavy (non-hydrogen) atoms. The summed E-state index contributed by atoms with van der Waals surface area (Å²) in [6.45, 7) is 13.1. The fraction of sp³-hybridized carbons (Fsp3) is 0.556. The first-order chi connectivity index (χ1) is 16.0. The first-order valence-electron chi connectivity index (χ1n) is 12.4. The SMILES string of the molecule is CCCCN(CC)CCCNC(=O)[C@H]1c2ccccc2C(=O)N(CC(C)C)[C@@H]1c1cccs1. The van der Waals surface area contributed by atoms with Crippen molar-refractivity contribution >= 4 is 23.2 Å². The van der Waals surface area contributed by atoms with E-state index in [9.17, 15) is 9.59 Å². The zero-order chi connectivity index (χ0) is 23.8. The number of nitrogens with zero attached hydrogens (tertiary/aromatic N) is 2. The molecule has 2 heterocycles. The Hall–Kier alpha value is -2.18. The third kappa shape index (κ3) is 6.24. The average molecular weight is 470 g/mol. The molecule has 0 radical (unpaired) electrons. The van der Waals surface area contributed by atoms with Crippen LogP contribution in [0.5, 0.6) is 0 Å². The predicted octanol–water partition coefficient (Wildman–Crippen LogP) is 5.31. The van der Waals surface area contributed by atoms with E-state index in [1.54, 1.807) is 11.3 Å². The monoisotopic (exact) mass is 469 g/mol. The van der Waals surface area contributed by atoms with E-state index in [-0.39, 0.29) is 17.9 Å². The molecule has 1 N–H and O–H groups in total. The molecule has 2 atom stereocenters. The summed E-state index contributed by atoms with van der Waals surface area (Å²) in [5.41, 5.74) is 1.50. The zero-order valence-corrected chi connectivity index (χ0v) is 21.4. The van der Waals surface area contributed by atoms with Crippen molar-refractivity contribution in [1.29, 1.82) is 0 Å². The van der Waals surface area contributed by atoms with Crippen molar-refractivity contribution in [3.8, 4) is 0 Å². The van der Waals surface area contributed by atoms with Gasteiger partial charge >= 0.3 is 0 Å². The second-order valence-electron chi connectivity index (χ2n) is 9.31. The minimum absolute atomic E-state index is 0.0127. The first kappa shape index (κ1) is 25.4. The van der Waals surface area contributed by atoms with Crippen molar-refractivity contribution < 1.29 is 9.59 Å². The van der Waals surface area contributed by atoms with Crippen LogP contribution in [0.3, 0.4) is 0 Å². The Kier molecular flexibility index (Phi) is 9.51. The molecule has 1 aromatic carbocycles. The van der Waals surface area contributed by atoms with Crippen LogP contribution in [0.25, 0.3) is 0 Å². The van der Waals surface area contributed by atoms with E-state index >= 15 is 0 Å². The van der Waals surface area contributed by atoms with Gasteiger partial charge in [-0.1, -0.05) is 58.4 Å². The zero-order valence-electron chi connectivity index (χ0n) is 20.5. The summed E-state index contributed by atoms with van der Waals surface area (Å²) in [5, 5.41) is 5.24. The van der Waals surface area contributed by atoms with Gasteiger partial charge in [-0.3, -0.25) is 9.59 Å². The minimum Gasteiger partial charge on any atom is -0.355 e. The molecule has 3 rings (SSSR count). The van der Waals surface area contributed by atoms with Crippen LogP contribution in [0, 0.1) is 5.92 Å². The number of benzene rings is 1. The summed E-state index contributed by atoms with van der Waals surface area (Å²) in [7, 11) is 0. The Bertz CT molecular complexity index is 897. The van der Waals surface area contributed by atoms with Crippen molar-refractivity contribution in [3.05, 3.63) is 57.8 Å². The summed E-state index contributed by atoms with van der Waals surface area (Å²) in [5.74, 6) is -0.0535. The summed E-state index contributed by atoms with van der Waals surface area (Å²) >= 11 is 1.62. The fourth-order valence-corrected chi connectivity index (χ4v) is 5.55. The Labute approximate surface area is 203 Å². The van der Waals surface area contributed by atoms with Gasteiger partial charge in [0.25, 0.3) is 5.91 Å². The molecule has 5 nitrogen and oxygen atoms in total. The number of thiophene rings is 1. The summed E-state index contributed by atoms with van der Waals surface area (Å²) in [6.07, 6.45) is 3.33. The molecule has 180 valence electrons. The first-order valence-corrected chi connectivity index (χ1v) is 13.3. The molecule has 2 aromatic rings. The molecule has 1 aromatic heterocycles. The van der Waals surface area contributed by atoms with Gasteiger partial charge in [-0.25, -0.2) is 0 Å². The van der Waals surface area contributed by atoms with Gasteiger partial charge in [-0.2, -0.15) is 0 Å². The maximum atomic E-state index is 13.6. The second-order valence-corrected chi connectivity index (χ2v) is 10.3. The highest BCUT2D eigenvalue weighted by Gasteiger charge is 2.44. The van der Waals surface area contributed by atoms with Gasteiger partial charge in [0.1, 0.15) is 0 Å². The van der Waals surface area contributed by atoms with Gasteiger partial charge in [-0.05, 0) is 61.5 Å². The molecule has 0 unspecified atom stereocenters. The number of fused-ring (bicyclic) bond motifs is 1. The number of amides is 2. The predicted molar refractivity (Wildman–Crippen MR) is 137 cm³/mol. The lowest BCUT2D eigenvalue weighted by Gasteiger charge is -2.42. The molecular weight excluding hydrogens is 430 g/mol. The van der Waals surface area contributed by atoms with Crippen LogP contribution >= 0.6 is 11.3 Å². The van der Waals surface area contributed by atoms with Crippen molar-refractivity contribution in [2.45, 2.75) is 58.9 Å². The Morgan fingerprint density at radius 1 is 1.12 bits per heavy atom. The Balaban J connectivity index is 1.81. The quantitative estimate of drug-likeness (QED) is 0.429. The van der Waals surface area contributed by atoms with Gasteiger partial charge in [0.15, 0.2) is 0 Å². The highest BCUT2D eigenvalue weighted by atomic mass is 32.1. The Morgan fingerprint density at radius 2 is 1.88 bits per heavy atom. The van der Waals surface area contributed by atoms with Crippen LogP contribution in [-0.4, -0.2) is 54.3 Å². The van der Waals surface area contributed by atoms with Crippen LogP contribution in [0.2, 0.25) is 0 Å². The van der Waals surface area contributed by atoms with Crippen LogP contribution in [0.15, 0.2) is 41.8 Å². The number of hydrogen-bond donors (Lipinski definition) is 1. The normalized spacial score (nSPS) is 18.1. The van der Waals surface area contributed by atoms with Crippen molar-refractivity contribution in [1.82, 2.24) is 15.1 Å².